The van der Waals surface area contributed by atoms with Crippen molar-refractivity contribution in [3.63, 3.8) is 0 Å². The van der Waals surface area contributed by atoms with E-state index in [1.54, 1.807) is 5.30 Å². The van der Waals surface area contributed by atoms with Crippen LogP contribution in [0.4, 0.5) is 0 Å². The standard InChI is InChI=1S/C22H36BrP/c1-20(2,3)16-14-17(21(4,5)6)19(24-13-11-10-12-23)18(15-16)22(7,8)9/h13-15H,10-12H2,1-9H3/p+1. The molecule has 2 heteroatoms. The van der Waals surface area contributed by atoms with Crippen LogP contribution in [0.25, 0.3) is 0 Å². The van der Waals surface area contributed by atoms with Gasteiger partial charge < -0.3 is 0 Å². The van der Waals surface area contributed by atoms with Crippen molar-refractivity contribution in [1.29, 1.82) is 0 Å². The van der Waals surface area contributed by atoms with E-state index in [-0.39, 0.29) is 16.2 Å². The maximum absolute atomic E-state index is 3.54. The second-order valence-corrected chi connectivity index (χ2v) is 11.9. The maximum atomic E-state index is 3.54. The fourth-order valence-corrected chi connectivity index (χ4v) is 4.85. The summed E-state index contributed by atoms with van der Waals surface area (Å²) in [5, 5.41) is 2.67. The van der Waals surface area contributed by atoms with Crippen molar-refractivity contribution >= 4 is 35.2 Å². The second-order valence-electron chi connectivity index (χ2n) is 9.88. The summed E-state index contributed by atoms with van der Waals surface area (Å²) in [6.45, 7) is 21.1. The first-order chi connectivity index (χ1) is 10.8. The number of alkyl halides is 1. The Kier molecular flexibility index (Phi) is 7.35. The van der Waals surface area contributed by atoms with E-state index in [9.17, 15) is 0 Å². The topological polar surface area (TPSA) is 0 Å². The van der Waals surface area contributed by atoms with Crippen molar-refractivity contribution in [2.75, 3.05) is 5.33 Å². The molecule has 0 heterocycles. The van der Waals surface area contributed by atoms with Crippen molar-refractivity contribution < 1.29 is 0 Å². The van der Waals surface area contributed by atoms with E-state index >= 15 is 0 Å². The Morgan fingerprint density at radius 3 is 1.62 bits per heavy atom. The monoisotopic (exact) mass is 411 g/mol. The van der Waals surface area contributed by atoms with Crippen molar-refractivity contribution in [3.05, 3.63) is 28.8 Å². The van der Waals surface area contributed by atoms with Gasteiger partial charge in [-0.05, 0) is 28.2 Å². The zero-order valence-corrected chi connectivity index (χ0v) is 19.8. The zero-order chi connectivity index (χ0) is 18.8. The number of hydrogen-bond donors (Lipinski definition) is 0. The van der Waals surface area contributed by atoms with Gasteiger partial charge in [-0.1, -0.05) is 90.4 Å². The number of unbranched alkanes of at least 4 members (excludes halogenated alkanes) is 1. The molecule has 0 aliphatic carbocycles. The molecule has 0 N–H and O–H groups in total. The molecule has 0 fully saturated rings. The van der Waals surface area contributed by atoms with Gasteiger partial charge in [0.2, 0.25) is 0 Å². The Labute approximate surface area is 160 Å². The average Bonchev–Trinajstić information content (AvgIpc) is 2.39. The summed E-state index contributed by atoms with van der Waals surface area (Å²) in [7, 11) is 0.793. The molecule has 1 unspecified atom stereocenters. The van der Waals surface area contributed by atoms with E-state index < -0.39 is 0 Å². The molecule has 1 atom stereocenters. The lowest BCUT2D eigenvalue weighted by molar-refractivity contribution is 0.554. The van der Waals surface area contributed by atoms with Gasteiger partial charge in [-0.25, -0.2) is 0 Å². The van der Waals surface area contributed by atoms with Gasteiger partial charge in [0.25, 0.3) is 0 Å². The third kappa shape index (κ3) is 5.99. The highest BCUT2D eigenvalue weighted by atomic mass is 79.9. The molecule has 0 saturated heterocycles. The van der Waals surface area contributed by atoms with E-state index in [0.717, 1.165) is 13.5 Å². The molecule has 0 bridgehead atoms. The van der Waals surface area contributed by atoms with Crippen LogP contribution < -0.4 is 5.30 Å². The average molecular weight is 412 g/mol. The molecule has 0 spiro atoms. The highest BCUT2D eigenvalue weighted by Crippen LogP contribution is 2.35. The summed E-state index contributed by atoms with van der Waals surface area (Å²) in [5.74, 6) is 2.50. The van der Waals surface area contributed by atoms with Crippen molar-refractivity contribution in [2.45, 2.75) is 91.4 Å². The molecule has 136 valence electrons. The van der Waals surface area contributed by atoms with Crippen LogP contribution >= 0.6 is 24.1 Å². The first-order valence-electron chi connectivity index (χ1n) is 9.12. The molecule has 0 saturated carbocycles. The zero-order valence-electron chi connectivity index (χ0n) is 17.2. The second kappa shape index (κ2) is 8.05. The Bertz CT molecular complexity index is 542. The van der Waals surface area contributed by atoms with Crippen molar-refractivity contribution in [1.82, 2.24) is 0 Å². The summed E-state index contributed by atoms with van der Waals surface area (Å²) in [6, 6.07) is 4.96. The fourth-order valence-electron chi connectivity index (χ4n) is 2.77. The molecular weight excluding hydrogens is 375 g/mol. The molecule has 1 rings (SSSR count). The van der Waals surface area contributed by atoms with Crippen molar-refractivity contribution in [3.8, 4) is 0 Å². The molecule has 1 aromatic rings. The van der Waals surface area contributed by atoms with Crippen LogP contribution in [0, 0.1) is 0 Å². The predicted molar refractivity (Wildman–Crippen MR) is 120 cm³/mol. The minimum absolute atomic E-state index is 0.173. The first-order valence-corrected chi connectivity index (χ1v) is 11.3. The Hall–Kier alpha value is -0.130. The van der Waals surface area contributed by atoms with E-state index in [2.05, 4.69) is 96.2 Å². The largest absolute Gasteiger partial charge is 0.153 e. The molecule has 1 aromatic carbocycles. The number of rotatable bonds is 4. The van der Waals surface area contributed by atoms with Gasteiger partial charge in [-0.15, -0.1) is 0 Å². The summed E-state index contributed by atoms with van der Waals surface area (Å²) in [4.78, 5) is 0. The lowest BCUT2D eigenvalue weighted by atomic mass is 9.75. The van der Waals surface area contributed by atoms with Gasteiger partial charge in [0.1, 0.15) is 8.20 Å². The fraction of sp³-hybridized carbons (Fsp3) is 0.682. The molecule has 0 aliphatic heterocycles. The van der Waals surface area contributed by atoms with E-state index in [4.69, 9.17) is 0 Å². The van der Waals surface area contributed by atoms with Crippen LogP contribution in [-0.4, -0.2) is 11.1 Å². The third-order valence-electron chi connectivity index (χ3n) is 4.35. The highest BCUT2D eigenvalue weighted by molar-refractivity contribution is 9.09. The minimum atomic E-state index is 0.173. The number of hydrogen-bond acceptors (Lipinski definition) is 0. The summed E-state index contributed by atoms with van der Waals surface area (Å²) in [6.07, 6.45) is 2.42. The maximum Gasteiger partial charge on any atom is 0.153 e. The summed E-state index contributed by atoms with van der Waals surface area (Å²) in [5.41, 5.74) is 5.06. The Balaban J connectivity index is 3.65. The molecule has 24 heavy (non-hydrogen) atoms. The summed E-state index contributed by atoms with van der Waals surface area (Å²) < 4.78 is 0. The van der Waals surface area contributed by atoms with Crippen molar-refractivity contribution in [2.24, 2.45) is 0 Å². The van der Waals surface area contributed by atoms with Gasteiger partial charge in [0.15, 0.2) is 5.30 Å². The third-order valence-corrected chi connectivity index (χ3v) is 6.23. The molecule has 0 aromatic heterocycles. The minimum Gasteiger partial charge on any atom is -0.0928 e. The van der Waals surface area contributed by atoms with Gasteiger partial charge in [-0.2, -0.15) is 0 Å². The van der Waals surface area contributed by atoms with Gasteiger partial charge in [0.05, 0.1) is 5.80 Å². The smallest absolute Gasteiger partial charge is 0.0928 e. The SMILES string of the molecule is CC(C)(C)c1cc(C(C)(C)C)c([PH+]=CCCCBr)c(C(C)(C)C)c1. The van der Waals surface area contributed by atoms with E-state index in [0.29, 0.717) is 0 Å². The van der Waals surface area contributed by atoms with Crippen LogP contribution in [-0.2, 0) is 16.2 Å². The molecule has 0 radical (unpaired) electrons. The molecular formula is C22H37BrP+. The van der Waals surface area contributed by atoms with Crippen LogP contribution in [0.5, 0.6) is 0 Å². The van der Waals surface area contributed by atoms with Gasteiger partial charge in [-0.3, -0.25) is 0 Å². The molecule has 0 aliphatic rings. The van der Waals surface area contributed by atoms with Crippen LogP contribution in [0.3, 0.4) is 0 Å². The number of halogens is 1. The normalized spacial score (nSPS) is 13.8. The summed E-state index contributed by atoms with van der Waals surface area (Å²) >= 11 is 3.54. The van der Waals surface area contributed by atoms with Gasteiger partial charge in [0, 0.05) is 22.9 Å². The highest BCUT2D eigenvalue weighted by Gasteiger charge is 2.31. The van der Waals surface area contributed by atoms with Crippen LogP contribution in [0.2, 0.25) is 0 Å². The van der Waals surface area contributed by atoms with E-state index in [1.807, 2.05) is 0 Å². The number of benzene rings is 1. The van der Waals surface area contributed by atoms with Crippen LogP contribution in [0.15, 0.2) is 12.1 Å². The van der Waals surface area contributed by atoms with Gasteiger partial charge >= 0.3 is 0 Å². The lowest BCUT2D eigenvalue weighted by Crippen LogP contribution is -2.29. The van der Waals surface area contributed by atoms with Crippen LogP contribution in [0.1, 0.15) is 91.8 Å². The first kappa shape index (κ1) is 21.9. The predicted octanol–water partition coefficient (Wildman–Crippen LogP) is 6.86. The molecule has 0 nitrogen and oxygen atoms in total. The van der Waals surface area contributed by atoms with E-state index in [1.165, 1.54) is 29.5 Å². The Morgan fingerprint density at radius 1 is 0.833 bits per heavy atom. The quantitative estimate of drug-likeness (QED) is 0.288. The molecule has 0 amide bonds. The Morgan fingerprint density at radius 2 is 1.29 bits per heavy atom. The lowest BCUT2D eigenvalue weighted by Gasteiger charge is -2.30.